The predicted octanol–water partition coefficient (Wildman–Crippen LogP) is 5.55. The van der Waals surface area contributed by atoms with Gasteiger partial charge in [-0.2, -0.15) is 0 Å². The highest BCUT2D eigenvalue weighted by Crippen LogP contribution is 2.37. The van der Waals surface area contributed by atoms with Crippen molar-refractivity contribution in [2.75, 3.05) is 14.2 Å². The summed E-state index contributed by atoms with van der Waals surface area (Å²) >= 11 is 0. The Morgan fingerprint density at radius 3 is 1.93 bits per heavy atom. The SMILES string of the molecule is COc1ccc(-c2nc(-c3ccc(OC)cc3)n(C3CCCCC3)c2C=O)cc1. The quantitative estimate of drug-likeness (QED) is 0.518. The van der Waals surface area contributed by atoms with E-state index in [0.717, 1.165) is 53.3 Å². The zero-order valence-electron chi connectivity index (χ0n) is 16.9. The molecule has 2 aromatic carbocycles. The average Bonchev–Trinajstić information content (AvgIpc) is 3.19. The zero-order valence-corrected chi connectivity index (χ0v) is 16.9. The van der Waals surface area contributed by atoms with Crippen molar-refractivity contribution in [3.05, 3.63) is 54.2 Å². The van der Waals surface area contributed by atoms with Crippen LogP contribution in [0.3, 0.4) is 0 Å². The van der Waals surface area contributed by atoms with Crippen LogP contribution in [0.15, 0.2) is 48.5 Å². The number of aromatic nitrogens is 2. The number of rotatable bonds is 6. The maximum Gasteiger partial charge on any atom is 0.168 e. The molecule has 3 aromatic rings. The standard InChI is InChI=1S/C24H26N2O3/c1-28-20-12-8-17(9-13-20)23-22(16-27)26(19-6-4-3-5-7-19)24(25-23)18-10-14-21(29-2)15-11-18/h8-16,19H,3-7H2,1-2H3. The maximum atomic E-state index is 12.2. The molecule has 0 N–H and O–H groups in total. The first-order chi connectivity index (χ1) is 14.2. The van der Waals surface area contributed by atoms with Gasteiger partial charge in [0.15, 0.2) is 6.29 Å². The van der Waals surface area contributed by atoms with Crippen LogP contribution in [0.4, 0.5) is 0 Å². The van der Waals surface area contributed by atoms with Crippen molar-refractivity contribution < 1.29 is 14.3 Å². The van der Waals surface area contributed by atoms with Gasteiger partial charge in [0.2, 0.25) is 0 Å². The molecule has 4 rings (SSSR count). The number of aldehydes is 1. The monoisotopic (exact) mass is 390 g/mol. The Balaban J connectivity index is 1.87. The molecule has 1 heterocycles. The molecule has 1 aliphatic carbocycles. The highest BCUT2D eigenvalue weighted by atomic mass is 16.5. The largest absolute Gasteiger partial charge is 0.497 e. The molecular weight excluding hydrogens is 364 g/mol. The molecule has 0 amide bonds. The molecule has 0 atom stereocenters. The van der Waals surface area contributed by atoms with Gasteiger partial charge in [0.05, 0.1) is 19.9 Å². The minimum Gasteiger partial charge on any atom is -0.497 e. The topological polar surface area (TPSA) is 53.4 Å². The third-order valence-electron chi connectivity index (χ3n) is 5.71. The molecule has 1 aromatic heterocycles. The van der Waals surface area contributed by atoms with E-state index < -0.39 is 0 Å². The molecule has 5 nitrogen and oxygen atoms in total. The van der Waals surface area contributed by atoms with E-state index in [1.807, 2.05) is 48.5 Å². The molecule has 0 unspecified atom stereocenters. The van der Waals surface area contributed by atoms with Crippen LogP contribution in [0.25, 0.3) is 22.6 Å². The number of ether oxygens (including phenoxy) is 2. The molecule has 0 spiro atoms. The van der Waals surface area contributed by atoms with Crippen LogP contribution in [-0.4, -0.2) is 30.1 Å². The number of carbonyl (C=O) groups excluding carboxylic acids is 1. The number of benzene rings is 2. The summed E-state index contributed by atoms with van der Waals surface area (Å²) < 4.78 is 12.7. The molecular formula is C24H26N2O3. The van der Waals surface area contributed by atoms with Gasteiger partial charge in [0, 0.05) is 17.2 Å². The van der Waals surface area contributed by atoms with E-state index in [1.165, 1.54) is 19.3 Å². The van der Waals surface area contributed by atoms with Gasteiger partial charge >= 0.3 is 0 Å². The summed E-state index contributed by atoms with van der Waals surface area (Å²) in [6, 6.07) is 15.9. The molecule has 29 heavy (non-hydrogen) atoms. The van der Waals surface area contributed by atoms with Crippen molar-refractivity contribution in [3.63, 3.8) is 0 Å². The van der Waals surface area contributed by atoms with E-state index >= 15 is 0 Å². The lowest BCUT2D eigenvalue weighted by molar-refractivity contribution is 0.111. The molecule has 1 fully saturated rings. The first-order valence-corrected chi connectivity index (χ1v) is 10.1. The Hall–Kier alpha value is -3.08. The molecule has 1 aliphatic rings. The van der Waals surface area contributed by atoms with Crippen LogP contribution < -0.4 is 9.47 Å². The Kier molecular flexibility index (Phi) is 5.65. The molecule has 5 heteroatoms. The Labute approximate surface area is 171 Å². The number of nitrogens with zero attached hydrogens (tertiary/aromatic N) is 2. The normalized spacial score (nSPS) is 14.6. The Bertz CT molecular complexity index is 969. The van der Waals surface area contributed by atoms with Gasteiger partial charge in [-0.15, -0.1) is 0 Å². The molecule has 1 saturated carbocycles. The Morgan fingerprint density at radius 1 is 0.862 bits per heavy atom. The van der Waals surface area contributed by atoms with Gasteiger partial charge < -0.3 is 14.0 Å². The molecule has 0 aliphatic heterocycles. The summed E-state index contributed by atoms with van der Waals surface area (Å²) in [5, 5.41) is 0. The van der Waals surface area contributed by atoms with E-state index in [-0.39, 0.29) is 0 Å². The third-order valence-corrected chi connectivity index (χ3v) is 5.71. The van der Waals surface area contributed by atoms with Crippen molar-refractivity contribution in [1.82, 2.24) is 9.55 Å². The van der Waals surface area contributed by atoms with Gasteiger partial charge in [-0.25, -0.2) is 4.98 Å². The van der Waals surface area contributed by atoms with Crippen LogP contribution >= 0.6 is 0 Å². The minimum absolute atomic E-state index is 0.292. The number of methoxy groups -OCH3 is 2. The highest BCUT2D eigenvalue weighted by Gasteiger charge is 2.26. The second-order valence-corrected chi connectivity index (χ2v) is 7.41. The highest BCUT2D eigenvalue weighted by molar-refractivity contribution is 5.86. The van der Waals surface area contributed by atoms with Gasteiger partial charge in [0.25, 0.3) is 0 Å². The van der Waals surface area contributed by atoms with Crippen LogP contribution in [0.1, 0.15) is 48.6 Å². The number of hydrogen-bond donors (Lipinski definition) is 0. The molecule has 150 valence electrons. The predicted molar refractivity (Wildman–Crippen MR) is 114 cm³/mol. The lowest BCUT2D eigenvalue weighted by Crippen LogP contribution is -2.16. The van der Waals surface area contributed by atoms with Gasteiger partial charge in [-0.3, -0.25) is 4.79 Å². The second-order valence-electron chi connectivity index (χ2n) is 7.41. The summed E-state index contributed by atoms with van der Waals surface area (Å²) in [6.45, 7) is 0. The van der Waals surface area contributed by atoms with Gasteiger partial charge in [-0.05, 0) is 61.4 Å². The fraction of sp³-hybridized carbons (Fsp3) is 0.333. The van der Waals surface area contributed by atoms with E-state index in [9.17, 15) is 4.79 Å². The van der Waals surface area contributed by atoms with Crippen molar-refractivity contribution >= 4 is 6.29 Å². The van der Waals surface area contributed by atoms with Crippen LogP contribution in [0.2, 0.25) is 0 Å². The smallest absolute Gasteiger partial charge is 0.168 e. The van der Waals surface area contributed by atoms with E-state index in [1.54, 1.807) is 14.2 Å². The minimum atomic E-state index is 0.292. The summed E-state index contributed by atoms with van der Waals surface area (Å²) in [4.78, 5) is 17.2. The average molecular weight is 390 g/mol. The number of carbonyl (C=O) groups is 1. The summed E-state index contributed by atoms with van der Waals surface area (Å²) in [6.07, 6.45) is 6.71. The van der Waals surface area contributed by atoms with Crippen LogP contribution in [-0.2, 0) is 0 Å². The second kappa shape index (κ2) is 8.52. The molecule has 0 radical (unpaired) electrons. The van der Waals surface area contributed by atoms with Crippen LogP contribution in [0.5, 0.6) is 11.5 Å². The van der Waals surface area contributed by atoms with Gasteiger partial charge in [-0.1, -0.05) is 19.3 Å². The third kappa shape index (κ3) is 3.77. The number of imidazole rings is 1. The number of hydrogen-bond acceptors (Lipinski definition) is 4. The summed E-state index contributed by atoms with van der Waals surface area (Å²) in [7, 11) is 3.30. The van der Waals surface area contributed by atoms with E-state index in [4.69, 9.17) is 14.5 Å². The summed E-state index contributed by atoms with van der Waals surface area (Å²) in [5.74, 6) is 2.42. The first kappa shape index (κ1) is 19.2. The maximum absolute atomic E-state index is 12.2. The van der Waals surface area contributed by atoms with Gasteiger partial charge in [0.1, 0.15) is 23.0 Å². The Morgan fingerprint density at radius 2 is 1.41 bits per heavy atom. The van der Waals surface area contributed by atoms with Crippen molar-refractivity contribution in [2.45, 2.75) is 38.1 Å². The lowest BCUT2D eigenvalue weighted by atomic mass is 9.94. The first-order valence-electron chi connectivity index (χ1n) is 10.1. The van der Waals surface area contributed by atoms with Crippen LogP contribution in [0, 0.1) is 0 Å². The summed E-state index contributed by atoms with van der Waals surface area (Å²) in [5.41, 5.74) is 3.27. The zero-order chi connectivity index (χ0) is 20.2. The fourth-order valence-electron chi connectivity index (χ4n) is 4.17. The molecule has 0 saturated heterocycles. The molecule has 0 bridgehead atoms. The van der Waals surface area contributed by atoms with Crippen molar-refractivity contribution in [2.24, 2.45) is 0 Å². The fourth-order valence-corrected chi connectivity index (χ4v) is 4.17. The van der Waals surface area contributed by atoms with Crippen molar-refractivity contribution in [3.8, 4) is 34.1 Å². The van der Waals surface area contributed by atoms with E-state index in [0.29, 0.717) is 11.7 Å². The lowest BCUT2D eigenvalue weighted by Gasteiger charge is -2.26. The van der Waals surface area contributed by atoms with Crippen molar-refractivity contribution in [1.29, 1.82) is 0 Å². The van der Waals surface area contributed by atoms with E-state index in [2.05, 4.69) is 4.57 Å².